The zero-order valence-electron chi connectivity index (χ0n) is 23.3. The maximum atomic E-state index is 13.4. The van der Waals surface area contributed by atoms with Gasteiger partial charge in [-0.1, -0.05) is 49.2 Å². The van der Waals surface area contributed by atoms with Crippen LogP contribution in [0.2, 0.25) is 0 Å². The van der Waals surface area contributed by atoms with Crippen LogP contribution in [-0.2, 0) is 40.9 Å². The number of hydrogen-bond acceptors (Lipinski definition) is 5. The Kier molecular flexibility index (Phi) is 7.45. The van der Waals surface area contributed by atoms with Crippen LogP contribution in [0.4, 0.5) is 16.3 Å². The van der Waals surface area contributed by atoms with Gasteiger partial charge in [-0.3, -0.25) is 9.59 Å². The highest BCUT2D eigenvalue weighted by Gasteiger charge is 2.51. The van der Waals surface area contributed by atoms with Crippen molar-refractivity contribution in [3.63, 3.8) is 0 Å². The van der Waals surface area contributed by atoms with Crippen molar-refractivity contribution in [2.24, 2.45) is 0 Å². The second-order valence-corrected chi connectivity index (χ2v) is 11.4. The van der Waals surface area contributed by atoms with E-state index in [1.807, 2.05) is 61.6 Å². The summed E-state index contributed by atoms with van der Waals surface area (Å²) in [5.74, 6) is 0.333. The van der Waals surface area contributed by atoms with Gasteiger partial charge >= 0.3 is 6.03 Å². The molecule has 1 aliphatic heterocycles. The molecule has 9 nitrogen and oxygen atoms in total. The SMILES string of the molecule is CNCc1ccccc1CN(CC(=O)Nc1ccc2c(c1)C[C@@]1(C2)C(=O)Nc2ncccc21)C(=O)NC1CCCC1. The molecule has 1 aromatic heterocycles. The third-order valence-corrected chi connectivity index (χ3v) is 8.62. The highest BCUT2D eigenvalue weighted by molar-refractivity contribution is 6.06. The van der Waals surface area contributed by atoms with Crippen molar-refractivity contribution in [2.75, 3.05) is 24.2 Å². The van der Waals surface area contributed by atoms with Crippen LogP contribution in [0, 0.1) is 0 Å². The molecule has 0 saturated heterocycles. The monoisotopic (exact) mass is 552 g/mol. The summed E-state index contributed by atoms with van der Waals surface area (Å²) in [5, 5.41) is 12.3. The van der Waals surface area contributed by atoms with Gasteiger partial charge in [-0.15, -0.1) is 0 Å². The minimum atomic E-state index is -0.662. The van der Waals surface area contributed by atoms with E-state index in [-0.39, 0.29) is 30.4 Å². The van der Waals surface area contributed by atoms with Crippen LogP contribution >= 0.6 is 0 Å². The molecular weight excluding hydrogens is 516 g/mol. The number of urea groups is 1. The second-order valence-electron chi connectivity index (χ2n) is 11.4. The van der Waals surface area contributed by atoms with Crippen molar-refractivity contribution in [3.8, 4) is 0 Å². The van der Waals surface area contributed by atoms with E-state index >= 15 is 0 Å². The zero-order valence-corrected chi connectivity index (χ0v) is 23.3. The van der Waals surface area contributed by atoms with Gasteiger partial charge in [0.1, 0.15) is 12.4 Å². The molecule has 41 heavy (non-hydrogen) atoms. The number of nitrogens with one attached hydrogen (secondary N) is 4. The molecule has 4 N–H and O–H groups in total. The number of aromatic nitrogens is 1. The van der Waals surface area contributed by atoms with Crippen LogP contribution in [0.1, 0.15) is 53.5 Å². The van der Waals surface area contributed by atoms with Gasteiger partial charge in [0.25, 0.3) is 0 Å². The summed E-state index contributed by atoms with van der Waals surface area (Å²) in [6, 6.07) is 17.5. The summed E-state index contributed by atoms with van der Waals surface area (Å²) < 4.78 is 0. The van der Waals surface area contributed by atoms with E-state index in [0.29, 0.717) is 37.4 Å². The average molecular weight is 553 g/mol. The summed E-state index contributed by atoms with van der Waals surface area (Å²) >= 11 is 0. The summed E-state index contributed by atoms with van der Waals surface area (Å²) in [5.41, 5.74) is 5.14. The van der Waals surface area contributed by atoms with Crippen LogP contribution in [0.3, 0.4) is 0 Å². The number of carbonyl (C=O) groups is 3. The predicted octanol–water partition coefficient (Wildman–Crippen LogP) is 3.88. The molecule has 0 bridgehead atoms. The molecule has 0 radical (unpaired) electrons. The molecule has 1 fully saturated rings. The first-order chi connectivity index (χ1) is 19.9. The first kappa shape index (κ1) is 27.0. The fourth-order valence-corrected chi connectivity index (χ4v) is 6.53. The quantitative estimate of drug-likeness (QED) is 0.339. The number of rotatable bonds is 8. The molecule has 3 aromatic rings. The molecule has 1 spiro atoms. The molecule has 4 amide bonds. The van der Waals surface area contributed by atoms with Crippen molar-refractivity contribution < 1.29 is 14.4 Å². The average Bonchev–Trinajstić information content (AvgIpc) is 3.68. The van der Waals surface area contributed by atoms with E-state index in [1.165, 1.54) is 0 Å². The molecule has 6 rings (SSSR count). The van der Waals surface area contributed by atoms with Crippen LogP contribution in [-0.4, -0.2) is 47.4 Å². The molecule has 1 saturated carbocycles. The van der Waals surface area contributed by atoms with E-state index in [9.17, 15) is 14.4 Å². The van der Waals surface area contributed by atoms with Gasteiger partial charge in [0.05, 0.1) is 5.41 Å². The summed E-state index contributed by atoms with van der Waals surface area (Å²) in [6.07, 6.45) is 7.00. The molecule has 2 aliphatic carbocycles. The number of anilines is 2. The normalized spacial score (nSPS) is 19.1. The standard InChI is InChI=1S/C32H36N6O3/c1-33-18-22-7-2-3-8-23(22)19-38(31(41)36-25-9-4-5-10-25)20-28(39)35-26-13-12-21-16-32(17-24(21)15-26)27-11-6-14-34-29(27)37-30(32)40/h2-3,6-8,11-15,25,33H,4-5,9-10,16-20H2,1H3,(H,35,39)(H,36,41)(H,34,37,40)/t32-/m1/s1. The van der Waals surface area contributed by atoms with Crippen LogP contribution in [0.25, 0.3) is 0 Å². The minimum Gasteiger partial charge on any atom is -0.335 e. The lowest BCUT2D eigenvalue weighted by atomic mass is 9.79. The maximum Gasteiger partial charge on any atom is 0.318 e. The van der Waals surface area contributed by atoms with E-state index in [2.05, 4.69) is 26.3 Å². The largest absolute Gasteiger partial charge is 0.335 e. The van der Waals surface area contributed by atoms with Crippen LogP contribution in [0.5, 0.6) is 0 Å². The van der Waals surface area contributed by atoms with Crippen molar-refractivity contribution in [1.82, 2.24) is 20.5 Å². The van der Waals surface area contributed by atoms with Gasteiger partial charge in [0.2, 0.25) is 11.8 Å². The lowest BCUT2D eigenvalue weighted by Gasteiger charge is -2.26. The molecule has 2 aromatic carbocycles. The smallest absolute Gasteiger partial charge is 0.318 e. The summed E-state index contributed by atoms with van der Waals surface area (Å²) in [6.45, 7) is 0.934. The highest BCUT2D eigenvalue weighted by Crippen LogP contribution is 2.46. The third kappa shape index (κ3) is 5.41. The topological polar surface area (TPSA) is 115 Å². The number of amides is 4. The minimum absolute atomic E-state index is 0.0320. The maximum absolute atomic E-state index is 13.4. The van der Waals surface area contributed by atoms with E-state index in [0.717, 1.165) is 53.5 Å². The number of pyridine rings is 1. The Balaban J connectivity index is 1.17. The Morgan fingerprint density at radius 3 is 2.61 bits per heavy atom. The van der Waals surface area contributed by atoms with Crippen molar-refractivity contribution in [2.45, 2.75) is 63.1 Å². The fourth-order valence-electron chi connectivity index (χ4n) is 6.53. The molecular formula is C32H36N6O3. The first-order valence-corrected chi connectivity index (χ1v) is 14.4. The zero-order chi connectivity index (χ0) is 28.4. The van der Waals surface area contributed by atoms with Gasteiger partial charge in [0.15, 0.2) is 0 Å². The number of fused-ring (bicyclic) bond motifs is 3. The Morgan fingerprint density at radius 1 is 1.02 bits per heavy atom. The number of benzene rings is 2. The third-order valence-electron chi connectivity index (χ3n) is 8.62. The van der Waals surface area contributed by atoms with Crippen LogP contribution < -0.4 is 21.3 Å². The number of hydrogen-bond donors (Lipinski definition) is 4. The molecule has 212 valence electrons. The summed E-state index contributed by atoms with van der Waals surface area (Å²) in [7, 11) is 1.89. The molecule has 3 aliphatic rings. The van der Waals surface area contributed by atoms with Gasteiger partial charge in [-0.05, 0) is 73.2 Å². The Hall–Kier alpha value is -4.24. The van der Waals surface area contributed by atoms with Crippen LogP contribution in [0.15, 0.2) is 60.8 Å². The van der Waals surface area contributed by atoms with Crippen molar-refractivity contribution in [3.05, 3.63) is 88.6 Å². The second kappa shape index (κ2) is 11.3. The lowest BCUT2D eigenvalue weighted by Crippen LogP contribution is -2.46. The van der Waals surface area contributed by atoms with Crippen molar-refractivity contribution >= 4 is 29.4 Å². The Labute approximate surface area is 240 Å². The molecule has 0 unspecified atom stereocenters. The van der Waals surface area contributed by atoms with E-state index < -0.39 is 5.41 Å². The Bertz CT molecular complexity index is 1480. The van der Waals surface area contributed by atoms with E-state index in [1.54, 1.807) is 11.1 Å². The highest BCUT2D eigenvalue weighted by atomic mass is 16.2. The summed E-state index contributed by atoms with van der Waals surface area (Å²) in [4.78, 5) is 45.7. The van der Waals surface area contributed by atoms with Crippen molar-refractivity contribution in [1.29, 1.82) is 0 Å². The van der Waals surface area contributed by atoms with Gasteiger partial charge in [-0.2, -0.15) is 0 Å². The number of carbonyl (C=O) groups excluding carboxylic acids is 3. The Morgan fingerprint density at radius 2 is 1.80 bits per heavy atom. The van der Waals surface area contributed by atoms with Gasteiger partial charge in [-0.25, -0.2) is 9.78 Å². The predicted molar refractivity (Wildman–Crippen MR) is 157 cm³/mol. The fraction of sp³-hybridized carbons (Fsp3) is 0.375. The number of nitrogens with zero attached hydrogens (tertiary/aromatic N) is 2. The van der Waals surface area contributed by atoms with E-state index in [4.69, 9.17) is 0 Å². The molecule has 1 atom stereocenters. The van der Waals surface area contributed by atoms with Gasteiger partial charge in [0, 0.05) is 36.6 Å². The molecule has 9 heteroatoms. The lowest BCUT2D eigenvalue weighted by molar-refractivity contribution is -0.120. The molecule has 2 heterocycles. The van der Waals surface area contributed by atoms with Gasteiger partial charge < -0.3 is 26.2 Å². The first-order valence-electron chi connectivity index (χ1n) is 14.4.